The monoisotopic (exact) mass is 398 g/mol. The quantitative estimate of drug-likeness (QED) is 0.775. The number of nitrogens with zero attached hydrogens (tertiary/aromatic N) is 1. The van der Waals surface area contributed by atoms with Crippen LogP contribution in [0.25, 0.3) is 0 Å². The fourth-order valence-electron chi connectivity index (χ4n) is 3.44. The van der Waals surface area contributed by atoms with Gasteiger partial charge >= 0.3 is 0 Å². The van der Waals surface area contributed by atoms with Crippen molar-refractivity contribution in [2.45, 2.75) is 19.8 Å². The molecule has 1 heterocycles. The van der Waals surface area contributed by atoms with Crippen molar-refractivity contribution in [1.82, 2.24) is 0 Å². The summed E-state index contributed by atoms with van der Waals surface area (Å²) in [5.41, 5.74) is 2.54. The van der Waals surface area contributed by atoms with Crippen molar-refractivity contribution in [2.75, 3.05) is 38.1 Å². The van der Waals surface area contributed by atoms with E-state index < -0.39 is 5.92 Å². The lowest BCUT2D eigenvalue weighted by atomic mass is 10.1. The highest BCUT2D eigenvalue weighted by Gasteiger charge is 2.35. The Morgan fingerprint density at radius 3 is 2.21 bits per heavy atom. The van der Waals surface area contributed by atoms with Crippen LogP contribution in [0.2, 0.25) is 0 Å². The first-order valence-electron chi connectivity index (χ1n) is 9.50. The van der Waals surface area contributed by atoms with Crippen LogP contribution in [-0.4, -0.2) is 39.7 Å². The maximum Gasteiger partial charge on any atom is 0.229 e. The molecule has 0 spiro atoms. The van der Waals surface area contributed by atoms with Crippen LogP contribution in [0.3, 0.4) is 0 Å². The van der Waals surface area contributed by atoms with E-state index in [1.165, 1.54) is 26.9 Å². The highest BCUT2D eigenvalue weighted by Crippen LogP contribution is 2.40. The van der Waals surface area contributed by atoms with E-state index in [1.807, 2.05) is 24.3 Å². The lowest BCUT2D eigenvalue weighted by Crippen LogP contribution is -2.28. The molecular formula is C22H26N2O5. The molecule has 1 fully saturated rings. The van der Waals surface area contributed by atoms with E-state index in [4.69, 9.17) is 14.2 Å². The van der Waals surface area contributed by atoms with Gasteiger partial charge in [0, 0.05) is 36.5 Å². The number of aryl methyl sites for hydroxylation is 1. The summed E-state index contributed by atoms with van der Waals surface area (Å²) in [5.74, 6) is 0.627. The normalized spacial score (nSPS) is 15.9. The van der Waals surface area contributed by atoms with Gasteiger partial charge in [0.05, 0.1) is 27.2 Å². The molecule has 3 rings (SSSR count). The van der Waals surface area contributed by atoms with Gasteiger partial charge in [0.15, 0.2) is 11.5 Å². The Morgan fingerprint density at radius 1 is 1.07 bits per heavy atom. The molecule has 7 nitrogen and oxygen atoms in total. The lowest BCUT2D eigenvalue weighted by Gasteiger charge is -2.18. The van der Waals surface area contributed by atoms with Crippen molar-refractivity contribution in [3.63, 3.8) is 0 Å². The zero-order chi connectivity index (χ0) is 21.0. The first kappa shape index (κ1) is 20.5. The molecule has 1 aliphatic heterocycles. The Morgan fingerprint density at radius 2 is 1.69 bits per heavy atom. The summed E-state index contributed by atoms with van der Waals surface area (Å²) in [6, 6.07) is 11.2. The summed E-state index contributed by atoms with van der Waals surface area (Å²) in [7, 11) is 4.55. The highest BCUT2D eigenvalue weighted by molar-refractivity contribution is 6.03. The molecule has 1 aliphatic rings. The number of carbonyl (C=O) groups excluding carboxylic acids is 2. The summed E-state index contributed by atoms with van der Waals surface area (Å²) < 4.78 is 15.9. The smallest absolute Gasteiger partial charge is 0.229 e. The number of benzene rings is 2. The fourth-order valence-corrected chi connectivity index (χ4v) is 3.44. The van der Waals surface area contributed by atoms with Crippen LogP contribution < -0.4 is 24.4 Å². The molecule has 0 aliphatic carbocycles. The summed E-state index contributed by atoms with van der Waals surface area (Å²) in [4.78, 5) is 26.9. The van der Waals surface area contributed by atoms with Gasteiger partial charge in [-0.05, 0) is 24.1 Å². The number of nitrogens with one attached hydrogen (secondary N) is 1. The average Bonchev–Trinajstić information content (AvgIpc) is 3.14. The number of methoxy groups -OCH3 is 3. The number of hydrogen-bond acceptors (Lipinski definition) is 5. The SMILES string of the molecule is CCc1ccc(N2C[C@H](C(=O)Nc3cc(OC)c(OC)c(OC)c3)CC2=O)cc1. The molecule has 0 bridgehead atoms. The first-order valence-corrected chi connectivity index (χ1v) is 9.50. The van der Waals surface area contributed by atoms with Gasteiger partial charge in [-0.3, -0.25) is 9.59 Å². The Labute approximate surface area is 170 Å². The van der Waals surface area contributed by atoms with Crippen LogP contribution in [0.1, 0.15) is 18.9 Å². The van der Waals surface area contributed by atoms with E-state index in [0.717, 1.165) is 12.1 Å². The Bertz CT molecular complexity index is 870. The first-order chi connectivity index (χ1) is 14.0. The number of ether oxygens (including phenoxy) is 3. The summed E-state index contributed by atoms with van der Waals surface area (Å²) in [6.07, 6.45) is 1.11. The van der Waals surface area contributed by atoms with Gasteiger partial charge in [0.2, 0.25) is 17.6 Å². The molecule has 0 radical (unpaired) electrons. The third-order valence-corrected chi connectivity index (χ3v) is 5.08. The van der Waals surface area contributed by atoms with Gasteiger partial charge in [0.1, 0.15) is 0 Å². The van der Waals surface area contributed by atoms with Gasteiger partial charge in [0.25, 0.3) is 0 Å². The predicted octanol–water partition coefficient (Wildman–Crippen LogP) is 3.27. The van der Waals surface area contributed by atoms with Crippen LogP contribution in [0, 0.1) is 5.92 Å². The zero-order valence-electron chi connectivity index (χ0n) is 17.2. The van der Waals surface area contributed by atoms with Crippen LogP contribution in [0.15, 0.2) is 36.4 Å². The molecule has 1 saturated heterocycles. The summed E-state index contributed by atoms with van der Waals surface area (Å²) >= 11 is 0. The number of amides is 2. The Hall–Kier alpha value is -3.22. The molecule has 0 aromatic heterocycles. The van der Waals surface area contributed by atoms with E-state index in [9.17, 15) is 9.59 Å². The van der Waals surface area contributed by atoms with E-state index in [0.29, 0.717) is 29.5 Å². The molecule has 1 N–H and O–H groups in total. The molecule has 0 unspecified atom stereocenters. The van der Waals surface area contributed by atoms with Crippen molar-refractivity contribution in [3.05, 3.63) is 42.0 Å². The molecule has 7 heteroatoms. The van der Waals surface area contributed by atoms with Crippen molar-refractivity contribution in [1.29, 1.82) is 0 Å². The summed E-state index contributed by atoms with van der Waals surface area (Å²) in [5, 5.41) is 2.86. The van der Waals surface area contributed by atoms with Crippen molar-refractivity contribution in [2.24, 2.45) is 5.92 Å². The standard InChI is InChI=1S/C22H26N2O5/c1-5-14-6-8-17(9-7-14)24-13-15(10-20(24)25)22(26)23-16-11-18(27-2)21(29-4)19(12-16)28-3/h6-9,11-12,15H,5,10,13H2,1-4H3,(H,23,26)/t15-/m1/s1. The highest BCUT2D eigenvalue weighted by atomic mass is 16.5. The fraction of sp³-hybridized carbons (Fsp3) is 0.364. The second-order valence-electron chi connectivity index (χ2n) is 6.83. The van der Waals surface area contributed by atoms with E-state index in [2.05, 4.69) is 12.2 Å². The third-order valence-electron chi connectivity index (χ3n) is 5.08. The number of rotatable bonds is 7. The van der Waals surface area contributed by atoms with Crippen LogP contribution in [-0.2, 0) is 16.0 Å². The molecule has 29 heavy (non-hydrogen) atoms. The van der Waals surface area contributed by atoms with Crippen molar-refractivity contribution < 1.29 is 23.8 Å². The molecule has 2 aromatic rings. The van der Waals surface area contributed by atoms with E-state index >= 15 is 0 Å². The topological polar surface area (TPSA) is 77.1 Å². The maximum absolute atomic E-state index is 12.8. The van der Waals surface area contributed by atoms with E-state index in [-0.39, 0.29) is 18.2 Å². The molecular weight excluding hydrogens is 372 g/mol. The summed E-state index contributed by atoms with van der Waals surface area (Å²) in [6.45, 7) is 2.43. The van der Waals surface area contributed by atoms with Gasteiger partial charge in [-0.2, -0.15) is 0 Å². The van der Waals surface area contributed by atoms with Gasteiger partial charge in [-0.15, -0.1) is 0 Å². The van der Waals surface area contributed by atoms with Gasteiger partial charge < -0.3 is 24.4 Å². The minimum absolute atomic E-state index is 0.0562. The van der Waals surface area contributed by atoms with Crippen molar-refractivity contribution >= 4 is 23.2 Å². The third kappa shape index (κ3) is 4.29. The zero-order valence-corrected chi connectivity index (χ0v) is 17.2. The Balaban J connectivity index is 1.73. The van der Waals surface area contributed by atoms with Crippen molar-refractivity contribution in [3.8, 4) is 17.2 Å². The minimum Gasteiger partial charge on any atom is -0.493 e. The number of carbonyl (C=O) groups is 2. The molecule has 2 amide bonds. The molecule has 0 saturated carbocycles. The largest absolute Gasteiger partial charge is 0.493 e. The minimum atomic E-state index is -0.438. The van der Waals surface area contributed by atoms with Crippen LogP contribution >= 0.6 is 0 Å². The maximum atomic E-state index is 12.8. The second-order valence-corrected chi connectivity index (χ2v) is 6.83. The molecule has 1 atom stereocenters. The average molecular weight is 398 g/mol. The van der Waals surface area contributed by atoms with Gasteiger partial charge in [-0.25, -0.2) is 0 Å². The molecule has 154 valence electrons. The van der Waals surface area contributed by atoms with Crippen LogP contribution in [0.4, 0.5) is 11.4 Å². The number of anilines is 2. The predicted molar refractivity (Wildman–Crippen MR) is 111 cm³/mol. The molecule has 2 aromatic carbocycles. The van der Waals surface area contributed by atoms with Crippen LogP contribution in [0.5, 0.6) is 17.2 Å². The number of hydrogen-bond donors (Lipinski definition) is 1. The second kappa shape index (κ2) is 8.86. The lowest BCUT2D eigenvalue weighted by molar-refractivity contribution is -0.122. The van der Waals surface area contributed by atoms with Gasteiger partial charge in [-0.1, -0.05) is 19.1 Å². The van der Waals surface area contributed by atoms with E-state index in [1.54, 1.807) is 17.0 Å². The Kier molecular flexibility index (Phi) is 6.26.